The van der Waals surface area contributed by atoms with Gasteiger partial charge in [0.15, 0.2) is 28.5 Å². The molecular formula is C43H56N3O12P. The SMILES string of the molecule is C=C(N)C(/C(N)=N\O)C1C2CC3C(C)(C)OC(C/C=C(/C)C(=O)OC)(C2=O)C32Oc3c(CC=C(C)C)c4c(c(OP(=O)(O)O)c3C(=O)C12)C=CC(C)(CCC=C(C)C)O4. The number of nitrogens with two attached hydrogens (primary N) is 2. The van der Waals surface area contributed by atoms with E-state index in [0.29, 0.717) is 18.4 Å². The lowest BCUT2D eigenvalue weighted by Crippen LogP contribution is -2.79. The Labute approximate surface area is 344 Å². The van der Waals surface area contributed by atoms with Crippen molar-refractivity contribution in [3.8, 4) is 17.2 Å². The van der Waals surface area contributed by atoms with Crippen molar-refractivity contribution in [1.82, 2.24) is 0 Å². The third-order valence-corrected chi connectivity index (χ3v) is 13.2. The summed E-state index contributed by atoms with van der Waals surface area (Å²) in [7, 11) is -4.15. The molecule has 1 spiro atoms. The molecule has 0 amide bonds. The number of hydrogen-bond acceptors (Lipinski definition) is 12. The van der Waals surface area contributed by atoms with E-state index in [0.717, 1.165) is 11.1 Å². The molecule has 0 radical (unpaired) electrons. The van der Waals surface area contributed by atoms with Gasteiger partial charge in [0.25, 0.3) is 0 Å². The maximum absolute atomic E-state index is 16.0. The topological polar surface area (TPSA) is 240 Å². The zero-order chi connectivity index (χ0) is 43.8. The first-order valence-corrected chi connectivity index (χ1v) is 21.2. The summed E-state index contributed by atoms with van der Waals surface area (Å²) in [4.78, 5) is 64.9. The Hall–Kier alpha value is -4.69. The van der Waals surface area contributed by atoms with Crippen LogP contribution in [0.3, 0.4) is 0 Å². The van der Waals surface area contributed by atoms with Crippen LogP contribution in [-0.2, 0) is 30.0 Å². The molecule has 6 aliphatic rings. The summed E-state index contributed by atoms with van der Waals surface area (Å²) in [6.07, 6.45) is 10.2. The van der Waals surface area contributed by atoms with Crippen LogP contribution >= 0.6 is 7.82 Å². The average molecular weight is 838 g/mol. The van der Waals surface area contributed by atoms with E-state index in [-0.39, 0.29) is 53.2 Å². The summed E-state index contributed by atoms with van der Waals surface area (Å²) >= 11 is 0. The second-order valence-corrected chi connectivity index (χ2v) is 18.8. The lowest BCUT2D eigenvalue weighted by atomic mass is 9.41. The number of esters is 1. The highest BCUT2D eigenvalue weighted by atomic mass is 31.2. The average Bonchev–Trinajstić information content (AvgIpc) is 3.27. The number of oxime groups is 1. The number of amidine groups is 1. The Morgan fingerprint density at radius 1 is 1.07 bits per heavy atom. The highest BCUT2D eigenvalue weighted by molar-refractivity contribution is 7.46. The molecule has 3 saturated carbocycles. The number of ether oxygens (including phenoxy) is 4. The second-order valence-electron chi connectivity index (χ2n) is 17.7. The van der Waals surface area contributed by atoms with Crippen molar-refractivity contribution in [2.75, 3.05) is 7.11 Å². The molecule has 4 fully saturated rings. The molecule has 7 rings (SSSR count). The number of rotatable bonds is 13. The number of phosphoric ester groups is 1. The molecule has 0 aromatic heterocycles. The van der Waals surface area contributed by atoms with Gasteiger partial charge in [0.05, 0.1) is 30.1 Å². The van der Waals surface area contributed by atoms with Gasteiger partial charge in [0.2, 0.25) is 0 Å². The van der Waals surface area contributed by atoms with Gasteiger partial charge in [-0.25, -0.2) is 9.36 Å². The van der Waals surface area contributed by atoms with Crippen LogP contribution in [0.2, 0.25) is 0 Å². The lowest BCUT2D eigenvalue weighted by Gasteiger charge is -2.64. The summed E-state index contributed by atoms with van der Waals surface area (Å²) in [5.74, 6) is -7.95. The van der Waals surface area contributed by atoms with Crippen LogP contribution in [-0.4, -0.2) is 67.9 Å². The molecule has 8 unspecified atom stereocenters. The van der Waals surface area contributed by atoms with Gasteiger partial charge in [-0.1, -0.05) is 41.1 Å². The van der Waals surface area contributed by atoms with E-state index >= 15 is 9.59 Å². The quantitative estimate of drug-likeness (QED) is 0.0216. The van der Waals surface area contributed by atoms with E-state index in [1.165, 1.54) is 20.1 Å². The molecule has 8 atom stereocenters. The molecule has 3 aliphatic heterocycles. The van der Waals surface area contributed by atoms with Crippen molar-refractivity contribution in [2.24, 2.45) is 46.2 Å². The summed E-state index contributed by atoms with van der Waals surface area (Å²) in [6, 6.07) is 0. The molecular weight excluding hydrogens is 781 g/mol. The number of ketones is 2. The van der Waals surface area contributed by atoms with E-state index in [2.05, 4.69) is 17.8 Å². The summed E-state index contributed by atoms with van der Waals surface area (Å²) in [5.41, 5.74) is 9.26. The lowest BCUT2D eigenvalue weighted by molar-refractivity contribution is -0.212. The number of allylic oxidation sites excluding steroid dienone is 4. The number of methoxy groups -OCH3 is 1. The van der Waals surface area contributed by atoms with Crippen LogP contribution in [0.15, 0.2) is 58.5 Å². The Morgan fingerprint density at radius 2 is 1.73 bits per heavy atom. The van der Waals surface area contributed by atoms with Gasteiger partial charge in [-0.05, 0) is 99.1 Å². The van der Waals surface area contributed by atoms with Gasteiger partial charge < -0.3 is 40.1 Å². The standard InChI is InChI=1S/C43H56N3O12P/c1-21(2)12-11-17-41(9)18-16-26-34(55-41)25(14-13-22(3)4)35-31(36(26)57-59(51,52)53)33(47)32-30(29(24(6)44)38(45)46-50)27-20-28-40(7,8)58-42(37(27)48,43(28,32)56-35)19-15-23(5)39(49)54-10/h12-13,15-16,18,27-30,32,50H,6,11,14,17,19-20,44H2,1-5,7-10H3,(H2,45,46)(H2,51,52,53)/b23-15-. The molecule has 59 heavy (non-hydrogen) atoms. The molecule has 3 heterocycles. The first-order valence-electron chi connectivity index (χ1n) is 19.7. The van der Waals surface area contributed by atoms with Gasteiger partial charge in [0.1, 0.15) is 28.5 Å². The highest BCUT2D eigenvalue weighted by Gasteiger charge is 2.86. The zero-order valence-corrected chi connectivity index (χ0v) is 36.0. The van der Waals surface area contributed by atoms with Crippen LogP contribution < -0.4 is 25.5 Å². The molecule has 4 bridgehead atoms. The van der Waals surface area contributed by atoms with Gasteiger partial charge in [-0.15, -0.1) is 0 Å². The normalized spacial score (nSPS) is 30.6. The Bertz CT molecular complexity index is 2210. The fraction of sp³-hybridized carbons (Fsp3) is 0.535. The summed E-state index contributed by atoms with van der Waals surface area (Å²) < 4.78 is 44.5. The van der Waals surface area contributed by atoms with Crippen LogP contribution in [0.4, 0.5) is 0 Å². The number of nitrogens with zero attached hydrogens (tertiary/aromatic N) is 1. The highest BCUT2D eigenvalue weighted by Crippen LogP contribution is 2.73. The fourth-order valence-electron chi connectivity index (χ4n) is 10.3. The molecule has 16 heteroatoms. The number of benzene rings is 1. The van der Waals surface area contributed by atoms with Crippen molar-refractivity contribution in [3.05, 3.63) is 70.0 Å². The van der Waals surface area contributed by atoms with Crippen LogP contribution in [0.1, 0.15) is 103 Å². The van der Waals surface area contributed by atoms with E-state index in [9.17, 15) is 24.4 Å². The molecule has 7 N–H and O–H groups in total. The second kappa shape index (κ2) is 15.1. The van der Waals surface area contributed by atoms with Gasteiger partial charge in [0, 0.05) is 35.1 Å². The summed E-state index contributed by atoms with van der Waals surface area (Å²) in [6.45, 7) is 18.7. The number of phosphoric acid groups is 1. The van der Waals surface area contributed by atoms with Crippen molar-refractivity contribution >= 4 is 37.3 Å². The number of fused-ring (bicyclic) bond motifs is 2. The number of carbonyl (C=O) groups excluding carboxylic acids is 3. The van der Waals surface area contributed by atoms with Gasteiger partial charge in [-0.3, -0.25) is 19.4 Å². The predicted molar refractivity (Wildman–Crippen MR) is 219 cm³/mol. The minimum atomic E-state index is -5.38. The van der Waals surface area contributed by atoms with Crippen LogP contribution in [0, 0.1) is 29.6 Å². The molecule has 320 valence electrons. The molecule has 15 nitrogen and oxygen atoms in total. The maximum atomic E-state index is 16.0. The summed E-state index contributed by atoms with van der Waals surface area (Å²) in [5, 5.41) is 13.3. The number of carbonyl (C=O) groups is 3. The Kier molecular flexibility index (Phi) is 11.2. The van der Waals surface area contributed by atoms with Crippen LogP contribution in [0.25, 0.3) is 6.08 Å². The monoisotopic (exact) mass is 837 g/mol. The minimum Gasteiger partial charge on any atom is -0.482 e. The minimum absolute atomic E-state index is 0.0870. The van der Waals surface area contributed by atoms with E-state index in [1.807, 2.05) is 54.5 Å². The van der Waals surface area contributed by atoms with E-state index < -0.39 is 88.9 Å². The molecule has 3 aliphatic carbocycles. The Balaban J connectivity index is 1.75. The van der Waals surface area contributed by atoms with Crippen LogP contribution in [0.5, 0.6) is 17.2 Å². The third kappa shape index (κ3) is 7.03. The smallest absolute Gasteiger partial charge is 0.482 e. The first kappa shape index (κ1) is 43.9. The van der Waals surface area contributed by atoms with E-state index in [1.54, 1.807) is 12.2 Å². The fourth-order valence-corrected chi connectivity index (χ4v) is 10.8. The van der Waals surface area contributed by atoms with Crippen molar-refractivity contribution in [3.63, 3.8) is 0 Å². The number of Topliss-reactive ketones (excluding diaryl/α,β-unsaturated/α-hetero) is 2. The number of hydrogen-bond donors (Lipinski definition) is 5. The predicted octanol–water partition coefficient (Wildman–Crippen LogP) is 6.23. The van der Waals surface area contributed by atoms with Crippen molar-refractivity contribution < 1.29 is 57.4 Å². The van der Waals surface area contributed by atoms with Crippen molar-refractivity contribution in [1.29, 1.82) is 0 Å². The largest absolute Gasteiger partial charge is 0.524 e. The molecule has 1 aromatic rings. The molecule has 1 saturated heterocycles. The van der Waals surface area contributed by atoms with E-state index in [4.69, 9.17) is 34.9 Å². The van der Waals surface area contributed by atoms with Gasteiger partial charge in [-0.2, -0.15) is 0 Å². The Morgan fingerprint density at radius 3 is 2.31 bits per heavy atom. The van der Waals surface area contributed by atoms with Gasteiger partial charge >= 0.3 is 13.8 Å². The first-order chi connectivity index (χ1) is 27.4. The third-order valence-electron chi connectivity index (χ3n) is 12.7. The maximum Gasteiger partial charge on any atom is 0.524 e. The van der Waals surface area contributed by atoms with Crippen molar-refractivity contribution in [2.45, 2.75) is 110 Å². The zero-order valence-electron chi connectivity index (χ0n) is 35.1. The molecule has 1 aromatic carbocycles.